The van der Waals surface area contributed by atoms with Gasteiger partial charge >= 0.3 is 0 Å². The topological polar surface area (TPSA) is 78.9 Å². The molecule has 0 radical (unpaired) electrons. The Balaban J connectivity index is 0.00000256. The van der Waals surface area contributed by atoms with Crippen LogP contribution in [0.5, 0.6) is 5.75 Å². The van der Waals surface area contributed by atoms with Gasteiger partial charge in [0.05, 0.1) is 18.1 Å². The molecule has 1 unspecified atom stereocenters. The van der Waals surface area contributed by atoms with Crippen LogP contribution in [-0.4, -0.2) is 40.1 Å². The fourth-order valence-electron chi connectivity index (χ4n) is 4.30. The number of nitrogens with zero attached hydrogens (tertiary/aromatic N) is 3. The van der Waals surface area contributed by atoms with Crippen LogP contribution in [-0.2, 0) is 5.72 Å². The third kappa shape index (κ3) is 4.06. The molecule has 0 aromatic heterocycles. The minimum absolute atomic E-state index is 0. The molecule has 1 N–H and O–H groups in total. The molecule has 0 amide bonds. The quantitative estimate of drug-likeness (QED) is 0.390. The van der Waals surface area contributed by atoms with E-state index in [4.69, 9.17) is 4.74 Å². The largest absolute Gasteiger partial charge is 1.00 e. The van der Waals surface area contributed by atoms with Gasteiger partial charge in [-0.15, -0.1) is 0 Å². The number of benzene rings is 2. The van der Waals surface area contributed by atoms with Crippen molar-refractivity contribution in [1.82, 2.24) is 0 Å². The molecule has 0 saturated heterocycles. The second-order valence-corrected chi connectivity index (χ2v) is 7.51. The van der Waals surface area contributed by atoms with Crippen LogP contribution >= 0.6 is 0 Å². The van der Waals surface area contributed by atoms with Crippen molar-refractivity contribution in [3.8, 4) is 5.75 Å². The fraction of sp³-hybridized carbons (Fsp3) is 0.409. The lowest BCUT2D eigenvalue weighted by Crippen LogP contribution is -3.00. The number of rotatable bonds is 5. The third-order valence-corrected chi connectivity index (χ3v) is 5.73. The molecule has 4 rings (SSSR count). The van der Waals surface area contributed by atoms with Gasteiger partial charge in [0.15, 0.2) is 6.54 Å². The van der Waals surface area contributed by atoms with E-state index in [1.54, 1.807) is 12.1 Å². The van der Waals surface area contributed by atoms with Crippen molar-refractivity contribution in [2.24, 2.45) is 0 Å². The van der Waals surface area contributed by atoms with E-state index < -0.39 is 10.6 Å². The standard InChI is InChI=1S/C22H26N3O4.BrH/c1-2-29-20-13-11-18(12-14-20)23-16-22(26,24-15-5-3-4-6-21(23)24)17-7-9-19(10-8-17)25(27)28;/h7-14,26H,2-6,15-16H2,1H3;1H/q+1;/p-1. The molecule has 2 aliphatic rings. The van der Waals surface area contributed by atoms with Gasteiger partial charge in [0, 0.05) is 24.1 Å². The van der Waals surface area contributed by atoms with Crippen LogP contribution in [0.1, 0.15) is 38.2 Å². The van der Waals surface area contributed by atoms with Crippen LogP contribution in [0.15, 0.2) is 48.5 Å². The Hall–Kier alpha value is -2.45. The highest BCUT2D eigenvalue weighted by molar-refractivity contribution is 5.96. The first-order valence-electron chi connectivity index (χ1n) is 10.1. The molecule has 1 atom stereocenters. The summed E-state index contributed by atoms with van der Waals surface area (Å²) >= 11 is 0. The number of amidine groups is 1. The summed E-state index contributed by atoms with van der Waals surface area (Å²) in [6, 6.07) is 14.2. The van der Waals surface area contributed by atoms with Crippen molar-refractivity contribution in [3.05, 3.63) is 64.2 Å². The Morgan fingerprint density at radius 2 is 1.83 bits per heavy atom. The van der Waals surface area contributed by atoms with Crippen molar-refractivity contribution in [2.45, 2.75) is 38.3 Å². The molecule has 0 bridgehead atoms. The number of hydrogen-bond donors (Lipinski definition) is 1. The molecule has 2 aliphatic heterocycles. The number of β-amino-alcohol motifs (C(OH)–C–C–N with tert-alkyl or cyclic N) is 1. The Morgan fingerprint density at radius 1 is 1.13 bits per heavy atom. The Labute approximate surface area is 186 Å². The predicted molar refractivity (Wildman–Crippen MR) is 111 cm³/mol. The molecule has 2 aromatic rings. The summed E-state index contributed by atoms with van der Waals surface area (Å²) in [4.78, 5) is 12.8. The maximum absolute atomic E-state index is 11.8. The van der Waals surface area contributed by atoms with E-state index in [9.17, 15) is 15.2 Å². The lowest BCUT2D eigenvalue weighted by atomic mass is 10.0. The van der Waals surface area contributed by atoms with Crippen molar-refractivity contribution in [2.75, 3.05) is 24.6 Å². The third-order valence-electron chi connectivity index (χ3n) is 5.73. The highest BCUT2D eigenvalue weighted by atomic mass is 79.9. The zero-order chi connectivity index (χ0) is 20.4. The number of nitro groups is 1. The first-order chi connectivity index (χ1) is 14.0. The summed E-state index contributed by atoms with van der Waals surface area (Å²) in [5.74, 6) is 1.93. The Morgan fingerprint density at radius 3 is 2.47 bits per heavy atom. The number of aliphatic hydroxyl groups is 1. The van der Waals surface area contributed by atoms with E-state index in [2.05, 4.69) is 9.48 Å². The number of anilines is 1. The first kappa shape index (κ1) is 22.2. The van der Waals surface area contributed by atoms with E-state index in [1.165, 1.54) is 12.1 Å². The van der Waals surface area contributed by atoms with Gasteiger partial charge in [0.25, 0.3) is 17.2 Å². The number of halogens is 1. The van der Waals surface area contributed by atoms with E-state index in [-0.39, 0.29) is 22.7 Å². The van der Waals surface area contributed by atoms with Gasteiger partial charge in [-0.1, -0.05) is 0 Å². The van der Waals surface area contributed by atoms with Crippen LogP contribution in [0.2, 0.25) is 0 Å². The second-order valence-electron chi connectivity index (χ2n) is 7.51. The summed E-state index contributed by atoms with van der Waals surface area (Å²) < 4.78 is 7.63. The van der Waals surface area contributed by atoms with E-state index in [0.717, 1.165) is 49.5 Å². The van der Waals surface area contributed by atoms with Gasteiger partial charge in [-0.3, -0.25) is 10.1 Å². The average molecular weight is 476 g/mol. The maximum Gasteiger partial charge on any atom is 0.271 e. The summed E-state index contributed by atoms with van der Waals surface area (Å²) in [7, 11) is 0. The fourth-order valence-corrected chi connectivity index (χ4v) is 4.30. The van der Waals surface area contributed by atoms with Crippen LogP contribution in [0, 0.1) is 10.1 Å². The lowest BCUT2D eigenvalue weighted by Gasteiger charge is -2.23. The smallest absolute Gasteiger partial charge is 0.271 e. The Kier molecular flexibility index (Phi) is 6.77. The van der Waals surface area contributed by atoms with Crippen LogP contribution < -0.4 is 26.6 Å². The average Bonchev–Trinajstić information content (AvgIpc) is 2.88. The molecule has 0 fully saturated rings. The predicted octanol–water partition coefficient (Wildman–Crippen LogP) is 0.648. The molecule has 0 spiro atoms. The second kappa shape index (κ2) is 9.14. The molecular weight excluding hydrogens is 450 g/mol. The van der Waals surface area contributed by atoms with Crippen LogP contribution in [0.3, 0.4) is 0 Å². The van der Waals surface area contributed by atoms with Crippen molar-refractivity contribution in [3.63, 3.8) is 0 Å². The SMILES string of the molecule is CCOc1ccc(N2CC(O)(c3ccc([N+](=O)[O-])cc3)[N+]3=C2CCCCC3)cc1.[Br-]. The normalized spacial score (nSPS) is 20.9. The van der Waals surface area contributed by atoms with Crippen LogP contribution in [0.25, 0.3) is 0 Å². The van der Waals surface area contributed by atoms with Gasteiger partial charge in [-0.25, -0.2) is 9.48 Å². The van der Waals surface area contributed by atoms with Gasteiger partial charge in [0.1, 0.15) is 11.4 Å². The molecule has 160 valence electrons. The number of non-ortho nitro benzene ring substituents is 1. The molecule has 2 heterocycles. The molecule has 8 heteroatoms. The summed E-state index contributed by atoms with van der Waals surface area (Å²) in [5.41, 5.74) is 0.496. The van der Waals surface area contributed by atoms with E-state index in [0.29, 0.717) is 18.7 Å². The minimum Gasteiger partial charge on any atom is -1.00 e. The van der Waals surface area contributed by atoms with Crippen LogP contribution in [0.4, 0.5) is 11.4 Å². The minimum atomic E-state index is -1.21. The molecule has 0 aliphatic carbocycles. The first-order valence-corrected chi connectivity index (χ1v) is 10.1. The number of hydrogen-bond acceptors (Lipinski definition) is 5. The summed E-state index contributed by atoms with van der Waals surface area (Å²) in [5, 5.41) is 22.8. The summed E-state index contributed by atoms with van der Waals surface area (Å²) in [6.45, 7) is 3.72. The van der Waals surface area contributed by atoms with Crippen molar-refractivity contribution < 1.29 is 36.3 Å². The zero-order valence-corrected chi connectivity index (χ0v) is 18.5. The van der Waals surface area contributed by atoms with E-state index in [1.807, 2.05) is 31.2 Å². The number of nitro benzene ring substituents is 1. The summed E-state index contributed by atoms with van der Waals surface area (Å²) in [6.07, 6.45) is 4.10. The lowest BCUT2D eigenvalue weighted by molar-refractivity contribution is -0.658. The maximum atomic E-state index is 11.8. The molecular formula is C22H26BrN3O4. The zero-order valence-electron chi connectivity index (χ0n) is 17.0. The van der Waals surface area contributed by atoms with E-state index >= 15 is 0 Å². The van der Waals surface area contributed by atoms with Gasteiger partial charge in [-0.05, 0) is 62.6 Å². The molecule has 30 heavy (non-hydrogen) atoms. The Bertz CT molecular complexity index is 930. The highest BCUT2D eigenvalue weighted by Gasteiger charge is 2.52. The van der Waals surface area contributed by atoms with Crippen molar-refractivity contribution >= 4 is 17.2 Å². The van der Waals surface area contributed by atoms with Gasteiger partial charge in [-0.2, -0.15) is 0 Å². The number of ether oxygens (including phenoxy) is 1. The highest BCUT2D eigenvalue weighted by Crippen LogP contribution is 2.36. The van der Waals surface area contributed by atoms with Gasteiger partial charge < -0.3 is 26.8 Å². The molecule has 2 aromatic carbocycles. The monoisotopic (exact) mass is 475 g/mol. The molecule has 0 saturated carbocycles. The molecule has 7 nitrogen and oxygen atoms in total. The van der Waals surface area contributed by atoms with Gasteiger partial charge in [0.2, 0.25) is 0 Å². The van der Waals surface area contributed by atoms with Crippen molar-refractivity contribution in [1.29, 1.82) is 0 Å².